The van der Waals surface area contributed by atoms with Gasteiger partial charge in [0.05, 0.1) is 6.10 Å². The zero-order chi connectivity index (χ0) is 12.1. The monoisotopic (exact) mass is 227 g/mol. The van der Waals surface area contributed by atoms with E-state index in [4.69, 9.17) is 0 Å². The summed E-state index contributed by atoms with van der Waals surface area (Å²) < 4.78 is 0. The molecule has 2 nitrogen and oxygen atoms in total. The molecule has 17 heavy (non-hydrogen) atoms. The van der Waals surface area contributed by atoms with Gasteiger partial charge < -0.3 is 5.11 Å². The fourth-order valence-corrected chi connectivity index (χ4v) is 1.92. The molecule has 1 aromatic heterocycles. The molecule has 0 saturated carbocycles. The van der Waals surface area contributed by atoms with Crippen LogP contribution in [0.5, 0.6) is 0 Å². The van der Waals surface area contributed by atoms with Crippen molar-refractivity contribution in [3.63, 3.8) is 0 Å². The van der Waals surface area contributed by atoms with E-state index < -0.39 is 0 Å². The molecule has 88 valence electrons. The Morgan fingerprint density at radius 2 is 1.88 bits per heavy atom. The van der Waals surface area contributed by atoms with Gasteiger partial charge in [0.25, 0.3) is 0 Å². The Balaban J connectivity index is 2.03. The van der Waals surface area contributed by atoms with Gasteiger partial charge in [0.2, 0.25) is 0 Å². The van der Waals surface area contributed by atoms with E-state index in [1.54, 1.807) is 12.4 Å². The molecule has 0 saturated heterocycles. The van der Waals surface area contributed by atoms with Crippen molar-refractivity contribution in [2.24, 2.45) is 0 Å². The topological polar surface area (TPSA) is 33.1 Å². The van der Waals surface area contributed by atoms with Gasteiger partial charge in [0.15, 0.2) is 0 Å². The lowest BCUT2D eigenvalue weighted by atomic mass is 9.92. The van der Waals surface area contributed by atoms with E-state index in [2.05, 4.69) is 24.0 Å². The predicted octanol–water partition coefficient (Wildman–Crippen LogP) is 2.79. The van der Waals surface area contributed by atoms with Gasteiger partial charge in [0.1, 0.15) is 0 Å². The summed E-state index contributed by atoms with van der Waals surface area (Å²) in [6.45, 7) is 2.05. The summed E-state index contributed by atoms with van der Waals surface area (Å²) in [5, 5.41) is 10.2. The predicted molar refractivity (Wildman–Crippen MR) is 68.8 cm³/mol. The first kappa shape index (κ1) is 11.8. The van der Waals surface area contributed by atoms with Crippen molar-refractivity contribution in [3.05, 3.63) is 66.0 Å². The Kier molecular flexibility index (Phi) is 3.89. The van der Waals surface area contributed by atoms with Gasteiger partial charge in [-0.15, -0.1) is 0 Å². The first-order valence-electron chi connectivity index (χ1n) is 5.89. The van der Waals surface area contributed by atoms with E-state index >= 15 is 0 Å². The van der Waals surface area contributed by atoms with Gasteiger partial charge in [-0.1, -0.05) is 43.3 Å². The van der Waals surface area contributed by atoms with Gasteiger partial charge in [-0.25, -0.2) is 0 Å². The fraction of sp³-hybridized carbons (Fsp3) is 0.267. The number of aliphatic hydroxyl groups is 1. The van der Waals surface area contributed by atoms with Crippen LogP contribution in [0.3, 0.4) is 0 Å². The molecule has 1 aromatic carbocycles. The van der Waals surface area contributed by atoms with Crippen molar-refractivity contribution in [2.45, 2.75) is 25.4 Å². The van der Waals surface area contributed by atoms with Crippen LogP contribution >= 0.6 is 0 Å². The smallest absolute Gasteiger partial charge is 0.0646 e. The lowest BCUT2D eigenvalue weighted by molar-refractivity contribution is 0.149. The van der Waals surface area contributed by atoms with Crippen molar-refractivity contribution in [2.75, 3.05) is 0 Å². The Labute approximate surface area is 102 Å². The van der Waals surface area contributed by atoms with E-state index in [0.29, 0.717) is 6.42 Å². The van der Waals surface area contributed by atoms with Gasteiger partial charge in [0, 0.05) is 24.7 Å². The highest BCUT2D eigenvalue weighted by atomic mass is 16.3. The van der Waals surface area contributed by atoms with Crippen LogP contribution in [0.25, 0.3) is 0 Å². The second-order valence-corrected chi connectivity index (χ2v) is 4.33. The van der Waals surface area contributed by atoms with Crippen LogP contribution in [-0.4, -0.2) is 16.2 Å². The van der Waals surface area contributed by atoms with Crippen LogP contribution in [0.4, 0.5) is 0 Å². The van der Waals surface area contributed by atoms with E-state index in [9.17, 15) is 5.11 Å². The highest BCUT2D eigenvalue weighted by Crippen LogP contribution is 2.21. The molecule has 0 aliphatic rings. The average molecular weight is 227 g/mol. The molecule has 0 amide bonds. The molecule has 0 fully saturated rings. The number of nitrogens with zero attached hydrogens (tertiary/aromatic N) is 1. The van der Waals surface area contributed by atoms with Crippen molar-refractivity contribution in [3.8, 4) is 0 Å². The quantitative estimate of drug-likeness (QED) is 0.871. The maximum Gasteiger partial charge on any atom is 0.0646 e. The summed E-state index contributed by atoms with van der Waals surface area (Å²) in [7, 11) is 0. The van der Waals surface area contributed by atoms with E-state index in [-0.39, 0.29) is 12.0 Å². The van der Waals surface area contributed by atoms with Crippen LogP contribution in [0, 0.1) is 0 Å². The van der Waals surface area contributed by atoms with Crippen molar-refractivity contribution >= 4 is 0 Å². The van der Waals surface area contributed by atoms with Gasteiger partial charge >= 0.3 is 0 Å². The number of benzene rings is 1. The first-order chi connectivity index (χ1) is 8.27. The molecule has 0 aliphatic heterocycles. The maximum atomic E-state index is 10.2. The van der Waals surface area contributed by atoms with E-state index in [1.807, 2.05) is 30.3 Å². The minimum atomic E-state index is -0.374. The van der Waals surface area contributed by atoms with Gasteiger partial charge in [-0.3, -0.25) is 4.98 Å². The zero-order valence-electron chi connectivity index (χ0n) is 9.95. The molecule has 0 bridgehead atoms. The summed E-state index contributed by atoms with van der Waals surface area (Å²) in [6, 6.07) is 14.0. The van der Waals surface area contributed by atoms with Crippen molar-refractivity contribution in [1.29, 1.82) is 0 Å². The average Bonchev–Trinajstić information content (AvgIpc) is 2.40. The lowest BCUT2D eigenvalue weighted by Gasteiger charge is -2.19. The molecular formula is C15H17NO. The number of pyridine rings is 1. The molecule has 2 atom stereocenters. The van der Waals surface area contributed by atoms with Gasteiger partial charge in [-0.2, -0.15) is 0 Å². The molecule has 0 radical (unpaired) electrons. The van der Waals surface area contributed by atoms with Crippen LogP contribution in [-0.2, 0) is 6.42 Å². The summed E-state index contributed by atoms with van der Waals surface area (Å²) in [5.74, 6) is 0.136. The second kappa shape index (κ2) is 5.60. The molecule has 1 heterocycles. The number of aromatic nitrogens is 1. The zero-order valence-corrected chi connectivity index (χ0v) is 9.95. The molecule has 2 unspecified atom stereocenters. The van der Waals surface area contributed by atoms with E-state index in [0.717, 1.165) is 5.56 Å². The number of hydrogen-bond donors (Lipinski definition) is 1. The molecule has 0 aliphatic carbocycles. The third-order valence-corrected chi connectivity index (χ3v) is 3.07. The minimum absolute atomic E-state index is 0.136. The molecule has 2 aromatic rings. The van der Waals surface area contributed by atoms with Crippen molar-refractivity contribution < 1.29 is 5.11 Å². The summed E-state index contributed by atoms with van der Waals surface area (Å²) in [5.41, 5.74) is 2.24. The van der Waals surface area contributed by atoms with Crippen LogP contribution in [0.1, 0.15) is 24.0 Å². The van der Waals surface area contributed by atoms with Crippen LogP contribution in [0.15, 0.2) is 54.9 Å². The largest absolute Gasteiger partial charge is 0.392 e. The Morgan fingerprint density at radius 1 is 1.12 bits per heavy atom. The minimum Gasteiger partial charge on any atom is -0.392 e. The lowest BCUT2D eigenvalue weighted by Crippen LogP contribution is -2.18. The van der Waals surface area contributed by atoms with E-state index in [1.165, 1.54) is 5.56 Å². The normalized spacial score (nSPS) is 14.2. The molecular weight excluding hydrogens is 210 g/mol. The maximum absolute atomic E-state index is 10.2. The molecule has 1 N–H and O–H groups in total. The molecule has 2 rings (SSSR count). The Bertz CT molecular complexity index is 441. The summed E-state index contributed by atoms with van der Waals surface area (Å²) in [6.07, 6.45) is 3.82. The standard InChI is InChI=1S/C15H17NO/c1-12(14-7-3-2-4-8-14)15(17)10-13-6-5-9-16-11-13/h2-9,11-12,15,17H,10H2,1H3. The Morgan fingerprint density at radius 3 is 2.53 bits per heavy atom. The third kappa shape index (κ3) is 3.14. The highest BCUT2D eigenvalue weighted by Gasteiger charge is 2.16. The second-order valence-electron chi connectivity index (χ2n) is 4.33. The van der Waals surface area contributed by atoms with Crippen LogP contribution < -0.4 is 0 Å². The summed E-state index contributed by atoms with van der Waals surface area (Å²) in [4.78, 5) is 4.06. The number of rotatable bonds is 4. The first-order valence-corrected chi connectivity index (χ1v) is 5.89. The van der Waals surface area contributed by atoms with Gasteiger partial charge in [-0.05, 0) is 17.2 Å². The SMILES string of the molecule is CC(c1ccccc1)C(O)Cc1cccnc1. The summed E-state index contributed by atoms with van der Waals surface area (Å²) >= 11 is 0. The van der Waals surface area contributed by atoms with Crippen molar-refractivity contribution in [1.82, 2.24) is 4.98 Å². The fourth-order valence-electron chi connectivity index (χ4n) is 1.92. The molecule has 0 spiro atoms. The highest BCUT2D eigenvalue weighted by molar-refractivity contribution is 5.21. The Hall–Kier alpha value is -1.67. The third-order valence-electron chi connectivity index (χ3n) is 3.07. The number of aliphatic hydroxyl groups excluding tert-OH is 1. The van der Waals surface area contributed by atoms with Crippen LogP contribution in [0.2, 0.25) is 0 Å². The molecule has 2 heteroatoms. The number of hydrogen-bond acceptors (Lipinski definition) is 2.